The summed E-state index contributed by atoms with van der Waals surface area (Å²) in [6.45, 7) is 0.304. The molecule has 154 valence electrons. The molecule has 0 aliphatic carbocycles. The van der Waals surface area contributed by atoms with Gasteiger partial charge < -0.3 is 15.0 Å². The Bertz CT molecular complexity index is 1240. The molecule has 0 saturated carbocycles. The zero-order valence-corrected chi connectivity index (χ0v) is 16.9. The van der Waals surface area contributed by atoms with E-state index in [1.807, 2.05) is 30.3 Å². The van der Waals surface area contributed by atoms with Crippen molar-refractivity contribution in [1.29, 1.82) is 0 Å². The molecule has 7 nitrogen and oxygen atoms in total. The van der Waals surface area contributed by atoms with Gasteiger partial charge in [-0.15, -0.1) is 0 Å². The van der Waals surface area contributed by atoms with Crippen LogP contribution in [0.15, 0.2) is 78.5 Å². The number of anilines is 2. The van der Waals surface area contributed by atoms with Crippen LogP contribution in [0.5, 0.6) is 5.75 Å². The van der Waals surface area contributed by atoms with Gasteiger partial charge in [-0.1, -0.05) is 48.0 Å². The number of carbonyl (C=O) groups is 1. The zero-order chi connectivity index (χ0) is 21.5. The Morgan fingerprint density at radius 3 is 2.68 bits per heavy atom. The molecule has 0 aromatic heterocycles. The number of Topliss-reactive ketones (excluding diaryl/α,β-unsaturated/α-hetero) is 1. The summed E-state index contributed by atoms with van der Waals surface area (Å²) in [6.07, 6.45) is 0.709. The third-order valence-electron chi connectivity index (χ3n) is 5.31. The van der Waals surface area contributed by atoms with Gasteiger partial charge in [0.25, 0.3) is 5.69 Å². The molecule has 31 heavy (non-hydrogen) atoms. The molecule has 2 heterocycles. The summed E-state index contributed by atoms with van der Waals surface area (Å²) in [6, 6.07) is 19.2. The Morgan fingerprint density at radius 1 is 1.10 bits per heavy atom. The van der Waals surface area contributed by atoms with Gasteiger partial charge >= 0.3 is 0 Å². The molecule has 0 spiro atoms. The highest BCUT2D eigenvalue weighted by Gasteiger charge is 2.40. The Morgan fingerprint density at radius 2 is 1.90 bits per heavy atom. The van der Waals surface area contributed by atoms with E-state index in [-0.39, 0.29) is 11.5 Å². The van der Waals surface area contributed by atoms with Crippen LogP contribution in [0.25, 0.3) is 0 Å². The van der Waals surface area contributed by atoms with Gasteiger partial charge in [-0.05, 0) is 29.8 Å². The summed E-state index contributed by atoms with van der Waals surface area (Å²) in [5.74, 6) is 0.145. The van der Waals surface area contributed by atoms with Crippen LogP contribution in [0.3, 0.4) is 0 Å². The molecule has 0 bridgehead atoms. The highest BCUT2D eigenvalue weighted by Crippen LogP contribution is 2.44. The molecule has 0 amide bonds. The van der Waals surface area contributed by atoms with Crippen molar-refractivity contribution < 1.29 is 14.5 Å². The number of halogens is 1. The van der Waals surface area contributed by atoms with Crippen molar-refractivity contribution in [1.82, 2.24) is 0 Å². The maximum Gasteiger partial charge on any atom is 0.294 e. The first-order valence-electron chi connectivity index (χ1n) is 9.58. The number of fused-ring (bicyclic) bond motifs is 3. The molecule has 2 aliphatic rings. The maximum absolute atomic E-state index is 13.3. The third-order valence-corrected chi connectivity index (χ3v) is 5.55. The van der Waals surface area contributed by atoms with Crippen LogP contribution in [-0.2, 0) is 6.54 Å². The largest absolute Gasteiger partial charge is 0.465 e. The zero-order valence-electron chi connectivity index (χ0n) is 16.1. The van der Waals surface area contributed by atoms with E-state index in [0.717, 1.165) is 5.56 Å². The molecule has 1 atom stereocenters. The quantitative estimate of drug-likeness (QED) is 0.453. The summed E-state index contributed by atoms with van der Waals surface area (Å²) in [5, 5.41) is 15.4. The first kappa shape index (κ1) is 19.1. The van der Waals surface area contributed by atoms with Crippen molar-refractivity contribution in [2.24, 2.45) is 0 Å². The highest BCUT2D eigenvalue weighted by molar-refractivity contribution is 6.31. The van der Waals surface area contributed by atoms with Gasteiger partial charge in [0.1, 0.15) is 11.4 Å². The van der Waals surface area contributed by atoms with Gasteiger partial charge in [0.05, 0.1) is 21.7 Å². The summed E-state index contributed by atoms with van der Waals surface area (Å²) < 4.78 is 6.23. The Kier molecular flexibility index (Phi) is 4.60. The fourth-order valence-corrected chi connectivity index (χ4v) is 4.09. The second kappa shape index (κ2) is 7.45. The lowest BCUT2D eigenvalue weighted by atomic mass is 9.98. The Labute approximate surface area is 182 Å². The van der Waals surface area contributed by atoms with E-state index in [0.29, 0.717) is 39.8 Å². The second-order valence-corrected chi connectivity index (χ2v) is 7.66. The molecular formula is C23H16ClN3O4. The highest BCUT2D eigenvalue weighted by atomic mass is 35.5. The number of nitro groups is 1. The predicted molar refractivity (Wildman–Crippen MR) is 118 cm³/mol. The number of nitro benzene ring substituents is 1. The normalized spacial score (nSPS) is 16.7. The summed E-state index contributed by atoms with van der Waals surface area (Å²) in [5.41, 5.74) is 2.43. The minimum Gasteiger partial charge on any atom is -0.465 e. The van der Waals surface area contributed by atoms with Crippen LogP contribution >= 0.6 is 11.6 Å². The smallest absolute Gasteiger partial charge is 0.294 e. The first-order valence-corrected chi connectivity index (χ1v) is 9.96. The minimum atomic E-state index is -0.851. The van der Waals surface area contributed by atoms with E-state index in [9.17, 15) is 14.9 Å². The van der Waals surface area contributed by atoms with Gasteiger partial charge in [0.15, 0.2) is 5.78 Å². The average Bonchev–Trinajstić information content (AvgIpc) is 2.92. The second-order valence-electron chi connectivity index (χ2n) is 7.23. The molecule has 0 fully saturated rings. The standard InChI is InChI=1S/C23H16ClN3O4/c24-15-9-10-20-16(11-15)22(28)17-12-25-18-7-4-8-19(27(29)30)21(18)26(23(17)31-20)13-14-5-2-1-3-6-14/h1-12,23,25H,13H2. The molecule has 0 saturated heterocycles. The van der Waals surface area contributed by atoms with Crippen LogP contribution in [0, 0.1) is 10.1 Å². The molecular weight excluding hydrogens is 418 g/mol. The molecule has 3 aromatic rings. The van der Waals surface area contributed by atoms with E-state index >= 15 is 0 Å². The lowest BCUT2D eigenvalue weighted by molar-refractivity contribution is -0.384. The van der Waals surface area contributed by atoms with Gasteiger partial charge in [-0.25, -0.2) is 0 Å². The fraction of sp³-hybridized carbons (Fsp3) is 0.0870. The molecule has 1 N–H and O–H groups in total. The van der Waals surface area contributed by atoms with E-state index in [1.165, 1.54) is 6.07 Å². The lowest BCUT2D eigenvalue weighted by Gasteiger charge is -2.36. The minimum absolute atomic E-state index is 0.0754. The topological polar surface area (TPSA) is 84.7 Å². The number of benzene rings is 3. The lowest BCUT2D eigenvalue weighted by Crippen LogP contribution is -2.45. The number of nitrogens with zero attached hydrogens (tertiary/aromatic N) is 2. The van der Waals surface area contributed by atoms with E-state index < -0.39 is 11.2 Å². The number of rotatable bonds is 3. The van der Waals surface area contributed by atoms with Crippen molar-refractivity contribution >= 4 is 34.4 Å². The van der Waals surface area contributed by atoms with Crippen LogP contribution in [-0.4, -0.2) is 16.9 Å². The molecule has 5 rings (SSSR count). The van der Waals surface area contributed by atoms with Crippen LogP contribution in [0.2, 0.25) is 5.02 Å². The van der Waals surface area contributed by atoms with Crippen LogP contribution in [0.1, 0.15) is 15.9 Å². The molecule has 0 radical (unpaired) electrons. The Balaban J connectivity index is 1.70. The summed E-state index contributed by atoms with van der Waals surface area (Å²) >= 11 is 6.09. The summed E-state index contributed by atoms with van der Waals surface area (Å²) in [7, 11) is 0. The fourth-order valence-electron chi connectivity index (χ4n) is 3.91. The number of carbonyl (C=O) groups excluding carboxylic acids is 1. The van der Waals surface area contributed by atoms with E-state index in [1.54, 1.807) is 41.4 Å². The maximum atomic E-state index is 13.3. The number of hydrogen-bond donors (Lipinski definition) is 1. The SMILES string of the molecule is O=C1C2=CNc3cccc([N+](=O)[O-])c3N(Cc3ccccc3)C2Oc2ccc(Cl)cc21. The van der Waals surface area contributed by atoms with Crippen LogP contribution in [0.4, 0.5) is 17.1 Å². The average molecular weight is 434 g/mol. The van der Waals surface area contributed by atoms with Gasteiger partial charge in [0.2, 0.25) is 6.23 Å². The first-order chi connectivity index (χ1) is 15.0. The van der Waals surface area contributed by atoms with Gasteiger partial charge in [-0.2, -0.15) is 0 Å². The Hall–Kier alpha value is -3.84. The summed E-state index contributed by atoms with van der Waals surface area (Å²) in [4.78, 5) is 26.5. The number of ketones is 1. The van der Waals surface area contributed by atoms with E-state index in [4.69, 9.17) is 16.3 Å². The van der Waals surface area contributed by atoms with Crippen molar-refractivity contribution in [3.8, 4) is 5.75 Å². The number of hydrogen-bond acceptors (Lipinski definition) is 6. The van der Waals surface area contributed by atoms with Gasteiger partial charge in [0, 0.05) is 23.8 Å². The molecule has 8 heteroatoms. The van der Waals surface area contributed by atoms with Crippen molar-refractivity contribution in [2.45, 2.75) is 12.8 Å². The van der Waals surface area contributed by atoms with Crippen molar-refractivity contribution in [2.75, 3.05) is 10.2 Å². The molecule has 2 aliphatic heterocycles. The van der Waals surface area contributed by atoms with E-state index in [2.05, 4.69) is 5.32 Å². The van der Waals surface area contributed by atoms with Gasteiger partial charge in [-0.3, -0.25) is 14.9 Å². The molecule has 3 aromatic carbocycles. The van der Waals surface area contributed by atoms with Crippen molar-refractivity contribution in [3.63, 3.8) is 0 Å². The van der Waals surface area contributed by atoms with Crippen molar-refractivity contribution in [3.05, 3.63) is 105 Å². The molecule has 1 unspecified atom stereocenters. The number of para-hydroxylation sites is 1. The number of ether oxygens (including phenoxy) is 1. The number of nitrogens with one attached hydrogen (secondary N) is 1. The predicted octanol–water partition coefficient (Wildman–Crippen LogP) is 5.17. The van der Waals surface area contributed by atoms with Crippen LogP contribution < -0.4 is 15.0 Å². The monoisotopic (exact) mass is 433 g/mol. The third kappa shape index (κ3) is 3.29.